The van der Waals surface area contributed by atoms with E-state index in [9.17, 15) is 9.59 Å². The molecule has 170 valence electrons. The van der Waals surface area contributed by atoms with E-state index < -0.39 is 0 Å². The van der Waals surface area contributed by atoms with E-state index in [4.69, 9.17) is 4.74 Å². The molecule has 1 heterocycles. The Kier molecular flexibility index (Phi) is 7.48. The summed E-state index contributed by atoms with van der Waals surface area (Å²) in [6, 6.07) is 27.7. The fourth-order valence-electron chi connectivity index (χ4n) is 3.29. The number of para-hydroxylation sites is 1. The monoisotopic (exact) mass is 452 g/mol. The Morgan fingerprint density at radius 1 is 0.794 bits per heavy atom. The number of carbonyl (C=O) groups excluding carboxylic acids is 2. The van der Waals surface area contributed by atoms with Gasteiger partial charge in [0.1, 0.15) is 5.75 Å². The smallest absolute Gasteiger partial charge is 0.319 e. The zero-order chi connectivity index (χ0) is 23.6. The van der Waals surface area contributed by atoms with Crippen molar-refractivity contribution in [2.75, 3.05) is 17.2 Å². The topological polar surface area (TPSA) is 92.3 Å². The van der Waals surface area contributed by atoms with E-state index in [0.717, 1.165) is 22.4 Å². The molecular weight excluding hydrogens is 428 g/mol. The number of ether oxygens (including phenoxy) is 1. The summed E-state index contributed by atoms with van der Waals surface area (Å²) < 4.78 is 5.60. The van der Waals surface area contributed by atoms with Crippen LogP contribution in [0.2, 0.25) is 0 Å². The standard InChI is InChI=1S/C27H24N4O3/c32-26(31-25-11-5-4-10-24(25)21-8-2-1-3-9-21)19-34-23-14-12-22(13-15-23)30-27(33)29-18-20-7-6-16-28-17-20/h1-17H,18-19H2,(H,31,32)(H2,29,30,33). The number of rotatable bonds is 8. The van der Waals surface area contributed by atoms with Gasteiger partial charge >= 0.3 is 6.03 Å². The predicted molar refractivity (Wildman–Crippen MR) is 133 cm³/mol. The Labute approximate surface area is 197 Å². The summed E-state index contributed by atoms with van der Waals surface area (Å²) in [5.74, 6) is 0.258. The first kappa shape index (κ1) is 22.5. The highest BCUT2D eigenvalue weighted by atomic mass is 16.5. The molecule has 3 aromatic carbocycles. The number of hydrogen-bond donors (Lipinski definition) is 3. The van der Waals surface area contributed by atoms with Crippen molar-refractivity contribution in [1.29, 1.82) is 0 Å². The fourth-order valence-corrected chi connectivity index (χ4v) is 3.29. The molecule has 0 saturated carbocycles. The minimum absolute atomic E-state index is 0.137. The first-order valence-electron chi connectivity index (χ1n) is 10.8. The van der Waals surface area contributed by atoms with Crippen LogP contribution in [0.1, 0.15) is 5.56 Å². The summed E-state index contributed by atoms with van der Waals surface area (Å²) >= 11 is 0. The van der Waals surface area contributed by atoms with Gasteiger partial charge in [-0.05, 0) is 47.5 Å². The molecule has 0 spiro atoms. The molecule has 3 amide bonds. The molecule has 7 heteroatoms. The molecule has 4 aromatic rings. The Balaban J connectivity index is 1.26. The first-order valence-corrected chi connectivity index (χ1v) is 10.8. The van der Waals surface area contributed by atoms with Gasteiger partial charge in [-0.3, -0.25) is 9.78 Å². The molecule has 4 rings (SSSR count). The molecule has 0 bridgehead atoms. The van der Waals surface area contributed by atoms with Crippen LogP contribution in [0, 0.1) is 0 Å². The lowest BCUT2D eigenvalue weighted by atomic mass is 10.0. The van der Waals surface area contributed by atoms with Crippen molar-refractivity contribution in [1.82, 2.24) is 10.3 Å². The van der Waals surface area contributed by atoms with Crippen LogP contribution in [0.25, 0.3) is 11.1 Å². The molecule has 1 aromatic heterocycles. The molecule has 0 atom stereocenters. The van der Waals surface area contributed by atoms with Crippen molar-refractivity contribution in [3.05, 3.63) is 109 Å². The summed E-state index contributed by atoms with van der Waals surface area (Å²) in [7, 11) is 0. The van der Waals surface area contributed by atoms with Gasteiger partial charge in [-0.15, -0.1) is 0 Å². The third-order valence-electron chi connectivity index (χ3n) is 4.94. The van der Waals surface area contributed by atoms with Crippen LogP contribution in [-0.2, 0) is 11.3 Å². The van der Waals surface area contributed by atoms with Crippen molar-refractivity contribution in [2.45, 2.75) is 6.54 Å². The van der Waals surface area contributed by atoms with E-state index in [1.807, 2.05) is 66.7 Å². The summed E-state index contributed by atoms with van der Waals surface area (Å²) in [4.78, 5) is 28.5. The molecule has 0 saturated heterocycles. The van der Waals surface area contributed by atoms with E-state index in [0.29, 0.717) is 18.0 Å². The molecular formula is C27H24N4O3. The minimum Gasteiger partial charge on any atom is -0.484 e. The van der Waals surface area contributed by atoms with Crippen molar-refractivity contribution in [3.63, 3.8) is 0 Å². The zero-order valence-electron chi connectivity index (χ0n) is 18.4. The number of benzene rings is 3. The molecule has 0 fully saturated rings. The summed E-state index contributed by atoms with van der Waals surface area (Å²) in [5.41, 5.74) is 4.20. The van der Waals surface area contributed by atoms with Crippen LogP contribution in [0.3, 0.4) is 0 Å². The SMILES string of the molecule is O=C(COc1ccc(NC(=O)NCc2cccnc2)cc1)Nc1ccccc1-c1ccccc1. The molecule has 0 unspecified atom stereocenters. The van der Waals surface area contributed by atoms with E-state index >= 15 is 0 Å². The number of aromatic nitrogens is 1. The van der Waals surface area contributed by atoms with E-state index in [1.54, 1.807) is 36.7 Å². The molecule has 0 aliphatic rings. The number of urea groups is 1. The van der Waals surface area contributed by atoms with Crippen LogP contribution in [-0.4, -0.2) is 23.5 Å². The number of nitrogens with one attached hydrogen (secondary N) is 3. The van der Waals surface area contributed by atoms with Gasteiger partial charge in [-0.2, -0.15) is 0 Å². The Hall–Kier alpha value is -4.65. The number of anilines is 2. The quantitative estimate of drug-likeness (QED) is 0.347. The molecule has 7 nitrogen and oxygen atoms in total. The first-order chi connectivity index (χ1) is 16.7. The Bertz CT molecular complexity index is 1230. The zero-order valence-corrected chi connectivity index (χ0v) is 18.4. The van der Waals surface area contributed by atoms with E-state index in [-0.39, 0.29) is 18.5 Å². The molecule has 0 aliphatic carbocycles. The van der Waals surface area contributed by atoms with Gasteiger partial charge in [0.2, 0.25) is 0 Å². The number of nitrogens with zero attached hydrogens (tertiary/aromatic N) is 1. The number of hydrogen-bond acceptors (Lipinski definition) is 4. The Morgan fingerprint density at radius 2 is 1.56 bits per heavy atom. The van der Waals surface area contributed by atoms with Gasteiger partial charge in [0, 0.05) is 35.9 Å². The second-order valence-electron chi connectivity index (χ2n) is 7.44. The van der Waals surface area contributed by atoms with Crippen molar-refractivity contribution in [2.24, 2.45) is 0 Å². The van der Waals surface area contributed by atoms with Crippen LogP contribution in [0.5, 0.6) is 5.75 Å². The summed E-state index contributed by atoms with van der Waals surface area (Å²) in [5, 5.41) is 8.43. The maximum absolute atomic E-state index is 12.5. The summed E-state index contributed by atoms with van der Waals surface area (Å²) in [6.45, 7) is 0.241. The lowest BCUT2D eigenvalue weighted by Crippen LogP contribution is -2.28. The maximum Gasteiger partial charge on any atom is 0.319 e. The third kappa shape index (κ3) is 6.43. The van der Waals surface area contributed by atoms with Gasteiger partial charge in [-0.1, -0.05) is 54.6 Å². The van der Waals surface area contributed by atoms with E-state index in [2.05, 4.69) is 20.9 Å². The fraction of sp³-hybridized carbons (Fsp3) is 0.0741. The second kappa shape index (κ2) is 11.3. The number of carbonyl (C=O) groups is 2. The molecule has 0 aliphatic heterocycles. The van der Waals surface area contributed by atoms with Crippen LogP contribution < -0.4 is 20.7 Å². The summed E-state index contributed by atoms with van der Waals surface area (Å²) in [6.07, 6.45) is 3.38. The highest BCUT2D eigenvalue weighted by molar-refractivity contribution is 5.96. The molecule has 0 radical (unpaired) electrons. The van der Waals surface area contributed by atoms with E-state index in [1.165, 1.54) is 0 Å². The highest BCUT2D eigenvalue weighted by Gasteiger charge is 2.09. The Morgan fingerprint density at radius 3 is 2.32 bits per heavy atom. The van der Waals surface area contributed by atoms with Crippen molar-refractivity contribution in [3.8, 4) is 16.9 Å². The second-order valence-corrected chi connectivity index (χ2v) is 7.44. The van der Waals surface area contributed by atoms with Crippen molar-refractivity contribution < 1.29 is 14.3 Å². The van der Waals surface area contributed by atoms with Crippen LogP contribution in [0.15, 0.2) is 103 Å². The van der Waals surface area contributed by atoms with Crippen LogP contribution in [0.4, 0.5) is 16.2 Å². The number of pyridine rings is 1. The normalized spacial score (nSPS) is 10.2. The van der Waals surface area contributed by atoms with Gasteiger partial charge in [0.05, 0.1) is 0 Å². The van der Waals surface area contributed by atoms with Gasteiger partial charge in [0.25, 0.3) is 5.91 Å². The average molecular weight is 453 g/mol. The minimum atomic E-state index is -0.325. The third-order valence-corrected chi connectivity index (χ3v) is 4.94. The highest BCUT2D eigenvalue weighted by Crippen LogP contribution is 2.27. The lowest BCUT2D eigenvalue weighted by Gasteiger charge is -2.12. The average Bonchev–Trinajstić information content (AvgIpc) is 2.88. The van der Waals surface area contributed by atoms with Crippen LogP contribution >= 0.6 is 0 Å². The van der Waals surface area contributed by atoms with Crippen molar-refractivity contribution >= 4 is 23.3 Å². The lowest BCUT2D eigenvalue weighted by molar-refractivity contribution is -0.118. The van der Waals surface area contributed by atoms with Gasteiger partial charge in [-0.25, -0.2) is 4.79 Å². The maximum atomic E-state index is 12.5. The van der Waals surface area contributed by atoms with Gasteiger partial charge in [0.15, 0.2) is 6.61 Å². The molecule has 34 heavy (non-hydrogen) atoms. The number of amides is 3. The van der Waals surface area contributed by atoms with Gasteiger partial charge < -0.3 is 20.7 Å². The molecule has 3 N–H and O–H groups in total. The largest absolute Gasteiger partial charge is 0.484 e. The predicted octanol–water partition coefficient (Wildman–Crippen LogP) is 5.09.